The molecule has 0 bridgehead atoms. The molecule has 0 saturated heterocycles. The fraction of sp³-hybridized carbons (Fsp3) is 0. The molecule has 0 aliphatic rings. The lowest BCUT2D eigenvalue weighted by molar-refractivity contribution is 1.46. The standard InChI is InChI=1S/C16H11N2/c1-3-7-15-11(5-1)13(9-17-15)14-10-18-16-8-4-2-6-12(14)16/h1-5,7-10,17-18H. The van der Waals surface area contributed by atoms with Gasteiger partial charge in [-0.15, -0.1) is 0 Å². The molecule has 2 aromatic heterocycles. The first-order chi connectivity index (χ1) is 8.93. The third-order valence-corrected chi connectivity index (χ3v) is 3.38. The van der Waals surface area contributed by atoms with Gasteiger partial charge < -0.3 is 9.97 Å². The molecule has 4 rings (SSSR count). The maximum Gasteiger partial charge on any atom is 0.0466 e. The first-order valence-electron chi connectivity index (χ1n) is 5.98. The van der Waals surface area contributed by atoms with Crippen molar-refractivity contribution < 1.29 is 0 Å². The predicted octanol–water partition coefficient (Wildman–Crippen LogP) is 4.12. The summed E-state index contributed by atoms with van der Waals surface area (Å²) in [6.45, 7) is 0. The molecule has 2 aromatic carbocycles. The molecular weight excluding hydrogens is 220 g/mol. The summed E-state index contributed by atoms with van der Waals surface area (Å²) in [5.41, 5.74) is 4.71. The first-order valence-corrected chi connectivity index (χ1v) is 5.98. The van der Waals surface area contributed by atoms with Gasteiger partial charge in [-0.3, -0.25) is 0 Å². The van der Waals surface area contributed by atoms with Gasteiger partial charge in [-0.25, -0.2) is 0 Å². The molecule has 2 N–H and O–H groups in total. The molecule has 0 spiro atoms. The second-order valence-electron chi connectivity index (χ2n) is 4.41. The highest BCUT2D eigenvalue weighted by atomic mass is 14.7. The molecule has 0 saturated carbocycles. The minimum absolute atomic E-state index is 1.12. The van der Waals surface area contributed by atoms with E-state index < -0.39 is 0 Å². The number of hydrogen-bond donors (Lipinski definition) is 2. The molecule has 2 nitrogen and oxygen atoms in total. The highest BCUT2D eigenvalue weighted by Gasteiger charge is 2.09. The average molecular weight is 231 g/mol. The van der Waals surface area contributed by atoms with Crippen LogP contribution in [0.5, 0.6) is 0 Å². The summed E-state index contributed by atoms with van der Waals surface area (Å²) in [7, 11) is 0. The van der Waals surface area contributed by atoms with Gasteiger partial charge >= 0.3 is 0 Å². The van der Waals surface area contributed by atoms with Gasteiger partial charge in [0.1, 0.15) is 0 Å². The first kappa shape index (κ1) is 9.54. The smallest absolute Gasteiger partial charge is 0.0466 e. The maximum absolute atomic E-state index is 3.31. The van der Waals surface area contributed by atoms with Crippen molar-refractivity contribution in [3.8, 4) is 11.1 Å². The van der Waals surface area contributed by atoms with Gasteiger partial charge in [0.25, 0.3) is 0 Å². The van der Waals surface area contributed by atoms with Crippen molar-refractivity contribution in [1.82, 2.24) is 9.97 Å². The van der Waals surface area contributed by atoms with Gasteiger partial charge in [0.2, 0.25) is 0 Å². The molecule has 0 atom stereocenters. The lowest BCUT2D eigenvalue weighted by Crippen LogP contribution is -1.72. The van der Waals surface area contributed by atoms with Crippen LogP contribution >= 0.6 is 0 Å². The van der Waals surface area contributed by atoms with E-state index in [0.717, 1.165) is 16.4 Å². The number of rotatable bonds is 1. The number of hydrogen-bond acceptors (Lipinski definition) is 0. The van der Waals surface area contributed by atoms with Crippen LogP contribution in [-0.2, 0) is 0 Å². The molecule has 0 amide bonds. The molecular formula is C16H11N2. The lowest BCUT2D eigenvalue weighted by atomic mass is 10.0. The minimum atomic E-state index is 1.12. The van der Waals surface area contributed by atoms with Crippen molar-refractivity contribution in [3.63, 3.8) is 0 Å². The molecule has 0 unspecified atom stereocenters. The van der Waals surface area contributed by atoms with Crippen molar-refractivity contribution in [2.75, 3.05) is 0 Å². The number of nitrogens with one attached hydrogen (secondary N) is 2. The number of para-hydroxylation sites is 1. The monoisotopic (exact) mass is 231 g/mol. The molecule has 2 heteroatoms. The van der Waals surface area contributed by atoms with Crippen LogP contribution in [0.15, 0.2) is 54.9 Å². The second-order valence-corrected chi connectivity index (χ2v) is 4.41. The van der Waals surface area contributed by atoms with E-state index in [1.54, 1.807) is 0 Å². The molecule has 0 fully saturated rings. The highest BCUT2D eigenvalue weighted by molar-refractivity contribution is 6.04. The van der Waals surface area contributed by atoms with Crippen molar-refractivity contribution in [2.45, 2.75) is 0 Å². The van der Waals surface area contributed by atoms with Crippen molar-refractivity contribution >= 4 is 21.8 Å². The Balaban J connectivity index is 2.08. The van der Waals surface area contributed by atoms with Gasteiger partial charge in [-0.2, -0.15) is 0 Å². The van der Waals surface area contributed by atoms with Crippen LogP contribution in [0.3, 0.4) is 0 Å². The third kappa shape index (κ3) is 1.23. The Kier molecular flexibility index (Phi) is 1.86. The van der Waals surface area contributed by atoms with Crippen LogP contribution < -0.4 is 0 Å². The fourth-order valence-corrected chi connectivity index (χ4v) is 2.51. The second kappa shape index (κ2) is 3.50. The highest BCUT2D eigenvalue weighted by Crippen LogP contribution is 2.33. The van der Waals surface area contributed by atoms with Gasteiger partial charge in [0, 0.05) is 45.3 Å². The van der Waals surface area contributed by atoms with E-state index in [9.17, 15) is 0 Å². The maximum atomic E-state index is 3.31. The zero-order valence-electron chi connectivity index (χ0n) is 9.70. The van der Waals surface area contributed by atoms with Crippen LogP contribution in [-0.4, -0.2) is 9.97 Å². The molecule has 1 radical (unpaired) electrons. The van der Waals surface area contributed by atoms with E-state index in [2.05, 4.69) is 52.7 Å². The van der Waals surface area contributed by atoms with Crippen molar-refractivity contribution in [3.05, 3.63) is 60.9 Å². The zero-order valence-corrected chi connectivity index (χ0v) is 9.70. The molecule has 0 aliphatic heterocycles. The van der Waals surface area contributed by atoms with Gasteiger partial charge in [0.15, 0.2) is 0 Å². The Hall–Kier alpha value is -2.48. The summed E-state index contributed by atoms with van der Waals surface area (Å²) in [5.74, 6) is 0. The summed E-state index contributed by atoms with van der Waals surface area (Å²) < 4.78 is 0. The van der Waals surface area contributed by atoms with Gasteiger partial charge in [-0.05, 0) is 18.2 Å². The van der Waals surface area contributed by atoms with E-state index in [1.807, 2.05) is 18.2 Å². The number of aromatic nitrogens is 2. The normalized spacial score (nSPS) is 11.3. The summed E-state index contributed by atoms with van der Waals surface area (Å²) in [4.78, 5) is 6.61. The summed E-state index contributed by atoms with van der Waals surface area (Å²) in [6, 6.07) is 17.7. The number of benzene rings is 2. The fourth-order valence-electron chi connectivity index (χ4n) is 2.51. The number of fused-ring (bicyclic) bond motifs is 2. The quantitative estimate of drug-likeness (QED) is 0.494. The van der Waals surface area contributed by atoms with Crippen LogP contribution in [0, 0.1) is 6.07 Å². The molecule has 18 heavy (non-hydrogen) atoms. The Morgan fingerprint density at radius 2 is 1.56 bits per heavy atom. The van der Waals surface area contributed by atoms with E-state index >= 15 is 0 Å². The minimum Gasteiger partial charge on any atom is -0.361 e. The Morgan fingerprint density at radius 1 is 0.778 bits per heavy atom. The zero-order chi connectivity index (χ0) is 11.9. The summed E-state index contributed by atoms with van der Waals surface area (Å²) in [6.07, 6.45) is 4.12. The predicted molar refractivity (Wildman–Crippen MR) is 74.4 cm³/mol. The molecule has 4 aromatic rings. The van der Waals surface area contributed by atoms with Crippen LogP contribution in [0.4, 0.5) is 0 Å². The largest absolute Gasteiger partial charge is 0.361 e. The summed E-state index contributed by atoms with van der Waals surface area (Å²) in [5, 5.41) is 2.39. The van der Waals surface area contributed by atoms with Crippen molar-refractivity contribution in [1.29, 1.82) is 0 Å². The summed E-state index contributed by atoms with van der Waals surface area (Å²) >= 11 is 0. The van der Waals surface area contributed by atoms with Gasteiger partial charge in [0.05, 0.1) is 0 Å². The lowest BCUT2D eigenvalue weighted by Gasteiger charge is -1.97. The Labute approximate surface area is 104 Å². The Morgan fingerprint density at radius 3 is 2.56 bits per heavy atom. The third-order valence-electron chi connectivity index (χ3n) is 3.38. The molecule has 85 valence electrons. The van der Waals surface area contributed by atoms with Crippen LogP contribution in [0.1, 0.15) is 0 Å². The van der Waals surface area contributed by atoms with Gasteiger partial charge in [-0.1, -0.05) is 30.3 Å². The average Bonchev–Trinajstić information content (AvgIpc) is 3.01. The van der Waals surface area contributed by atoms with E-state index in [1.165, 1.54) is 16.5 Å². The van der Waals surface area contributed by atoms with Crippen LogP contribution in [0.25, 0.3) is 32.9 Å². The molecule has 0 aliphatic carbocycles. The van der Waals surface area contributed by atoms with Crippen molar-refractivity contribution in [2.24, 2.45) is 0 Å². The van der Waals surface area contributed by atoms with E-state index in [4.69, 9.17) is 0 Å². The Bertz CT molecular complexity index is 764. The SMILES string of the molecule is [c]1cccc2[nH]cc(-c3c[nH]c4ccccc34)c12. The topological polar surface area (TPSA) is 31.6 Å². The number of H-pyrrole nitrogens is 2. The van der Waals surface area contributed by atoms with Crippen LogP contribution in [0.2, 0.25) is 0 Å². The van der Waals surface area contributed by atoms with E-state index in [-0.39, 0.29) is 0 Å². The van der Waals surface area contributed by atoms with E-state index in [0.29, 0.717) is 0 Å². The molecule has 2 heterocycles. The number of aromatic amines is 2.